The zero-order chi connectivity index (χ0) is 12.7. The molecule has 0 radical (unpaired) electrons. The molecule has 1 aliphatic rings. The van der Waals surface area contributed by atoms with Gasteiger partial charge < -0.3 is 0 Å². The smallest absolute Gasteiger partial charge is 0.200 e. The van der Waals surface area contributed by atoms with Crippen molar-refractivity contribution in [3.8, 4) is 6.07 Å². The lowest BCUT2D eigenvalue weighted by atomic mass is 9.75. The molecule has 90 valence electrons. The first kappa shape index (κ1) is 12.1. The van der Waals surface area contributed by atoms with E-state index < -0.39 is 20.4 Å². The van der Waals surface area contributed by atoms with E-state index in [1.54, 1.807) is 6.92 Å². The number of hydrogen-bond acceptors (Lipinski definition) is 3. The summed E-state index contributed by atoms with van der Waals surface area (Å²) in [5, 5.41) is 9.14. The molecule has 1 saturated carbocycles. The Kier molecular flexibility index (Phi) is 2.70. The molecule has 3 nitrogen and oxygen atoms in total. The summed E-state index contributed by atoms with van der Waals surface area (Å²) in [6.45, 7) is 1.71. The summed E-state index contributed by atoms with van der Waals surface area (Å²) in [6.07, 6.45) is 0.961. The number of rotatable bonds is 2. The van der Waals surface area contributed by atoms with E-state index in [-0.39, 0.29) is 17.2 Å². The normalized spacial score (nSPS) is 28.2. The highest BCUT2D eigenvalue weighted by Gasteiger charge is 2.56. The van der Waals surface area contributed by atoms with E-state index in [4.69, 9.17) is 5.26 Å². The number of hydrogen-bond donors (Lipinski definition) is 0. The maximum Gasteiger partial charge on any atom is 0.200 e. The maximum absolute atomic E-state index is 13.6. The zero-order valence-electron chi connectivity index (χ0n) is 9.35. The van der Waals surface area contributed by atoms with Gasteiger partial charge in [-0.2, -0.15) is 5.26 Å². The molecule has 1 fully saturated rings. The van der Waals surface area contributed by atoms with Crippen molar-refractivity contribution in [1.29, 1.82) is 5.26 Å². The molecule has 0 heterocycles. The summed E-state index contributed by atoms with van der Waals surface area (Å²) < 4.78 is 36.8. The van der Waals surface area contributed by atoms with Gasteiger partial charge in [-0.25, -0.2) is 12.8 Å². The van der Waals surface area contributed by atoms with Gasteiger partial charge in [0.2, 0.25) is 9.84 Å². The van der Waals surface area contributed by atoms with Gasteiger partial charge in [0.1, 0.15) is 10.7 Å². The third kappa shape index (κ3) is 1.48. The van der Waals surface area contributed by atoms with Crippen LogP contribution in [0.2, 0.25) is 0 Å². The molecule has 2 rings (SSSR count). The highest BCUT2D eigenvalue weighted by Crippen LogP contribution is 2.47. The SMILES string of the molecule is CC1CCC1(C#N)S(=O)(=O)c1ccccc1F. The molecular weight excluding hydrogens is 241 g/mol. The minimum absolute atomic E-state index is 0.253. The van der Waals surface area contributed by atoms with Crippen LogP contribution in [0, 0.1) is 23.1 Å². The predicted octanol–water partition coefficient (Wildman–Crippen LogP) is 2.29. The van der Waals surface area contributed by atoms with Gasteiger partial charge in [0.05, 0.1) is 6.07 Å². The van der Waals surface area contributed by atoms with E-state index >= 15 is 0 Å². The van der Waals surface area contributed by atoms with Gasteiger partial charge in [-0.15, -0.1) is 0 Å². The summed E-state index contributed by atoms with van der Waals surface area (Å²) in [4.78, 5) is -0.367. The summed E-state index contributed by atoms with van der Waals surface area (Å²) in [5.74, 6) is -1.04. The van der Waals surface area contributed by atoms with Crippen LogP contribution in [0.4, 0.5) is 4.39 Å². The molecule has 2 atom stereocenters. The third-order valence-electron chi connectivity index (χ3n) is 3.54. The summed E-state index contributed by atoms with van der Waals surface area (Å²) in [7, 11) is -3.93. The topological polar surface area (TPSA) is 57.9 Å². The Morgan fingerprint density at radius 3 is 2.53 bits per heavy atom. The number of nitriles is 1. The Morgan fingerprint density at radius 1 is 1.47 bits per heavy atom. The van der Waals surface area contributed by atoms with Crippen molar-refractivity contribution in [2.75, 3.05) is 0 Å². The van der Waals surface area contributed by atoms with E-state index in [1.807, 2.05) is 6.07 Å². The van der Waals surface area contributed by atoms with Crippen molar-refractivity contribution in [2.24, 2.45) is 5.92 Å². The van der Waals surface area contributed by atoms with Gasteiger partial charge in [-0.05, 0) is 30.9 Å². The molecule has 0 N–H and O–H groups in total. The Morgan fingerprint density at radius 2 is 2.12 bits per heavy atom. The minimum Gasteiger partial charge on any atom is -0.222 e. The quantitative estimate of drug-likeness (QED) is 0.812. The van der Waals surface area contributed by atoms with Crippen LogP contribution in [0.5, 0.6) is 0 Å². The molecule has 0 amide bonds. The predicted molar refractivity (Wildman–Crippen MR) is 60.3 cm³/mol. The van der Waals surface area contributed by atoms with Gasteiger partial charge in [-0.3, -0.25) is 0 Å². The van der Waals surface area contributed by atoms with Crippen molar-refractivity contribution in [2.45, 2.75) is 29.4 Å². The van der Waals surface area contributed by atoms with Gasteiger partial charge in [0.25, 0.3) is 0 Å². The van der Waals surface area contributed by atoms with E-state index in [0.717, 1.165) is 6.07 Å². The van der Waals surface area contributed by atoms with Crippen LogP contribution in [-0.4, -0.2) is 13.2 Å². The average molecular weight is 253 g/mol. The molecule has 1 aromatic rings. The second kappa shape index (κ2) is 3.81. The molecular formula is C12H12FNO2S. The van der Waals surface area contributed by atoms with Gasteiger partial charge in [0.15, 0.2) is 4.75 Å². The number of benzene rings is 1. The van der Waals surface area contributed by atoms with Crippen molar-refractivity contribution in [1.82, 2.24) is 0 Å². The van der Waals surface area contributed by atoms with Crippen molar-refractivity contribution >= 4 is 9.84 Å². The fourth-order valence-corrected chi connectivity index (χ4v) is 4.31. The standard InChI is InChI=1S/C12H12FNO2S/c1-9-6-7-12(9,8-14)17(15,16)11-5-3-2-4-10(11)13/h2-5,9H,6-7H2,1H3. The summed E-state index contributed by atoms with van der Waals surface area (Å²) in [6, 6.07) is 7.08. The van der Waals surface area contributed by atoms with Gasteiger partial charge in [-0.1, -0.05) is 19.1 Å². The van der Waals surface area contributed by atoms with Crippen LogP contribution >= 0.6 is 0 Å². The zero-order valence-corrected chi connectivity index (χ0v) is 10.2. The average Bonchev–Trinajstić information content (AvgIpc) is 2.28. The first-order valence-electron chi connectivity index (χ1n) is 5.36. The lowest BCUT2D eigenvalue weighted by molar-refractivity contribution is 0.279. The molecule has 0 aliphatic heterocycles. The molecule has 0 spiro atoms. The molecule has 5 heteroatoms. The molecule has 0 bridgehead atoms. The maximum atomic E-state index is 13.6. The number of sulfone groups is 1. The Labute approximate surface area is 99.8 Å². The third-order valence-corrected chi connectivity index (χ3v) is 6.11. The van der Waals surface area contributed by atoms with E-state index in [9.17, 15) is 12.8 Å². The Hall–Kier alpha value is -1.41. The molecule has 0 aromatic heterocycles. The second-order valence-electron chi connectivity index (χ2n) is 4.37. The first-order valence-corrected chi connectivity index (χ1v) is 6.84. The lowest BCUT2D eigenvalue weighted by Crippen LogP contribution is -2.51. The van der Waals surface area contributed by atoms with Gasteiger partial charge in [0, 0.05) is 0 Å². The molecule has 1 aliphatic carbocycles. The number of halogens is 1. The highest BCUT2D eigenvalue weighted by atomic mass is 32.2. The van der Waals surface area contributed by atoms with E-state index in [1.165, 1.54) is 18.2 Å². The van der Waals surface area contributed by atoms with Crippen molar-refractivity contribution in [3.63, 3.8) is 0 Å². The fourth-order valence-electron chi connectivity index (χ4n) is 2.18. The highest BCUT2D eigenvalue weighted by molar-refractivity contribution is 7.93. The van der Waals surface area contributed by atoms with Crippen LogP contribution in [0.1, 0.15) is 19.8 Å². The van der Waals surface area contributed by atoms with Crippen molar-refractivity contribution < 1.29 is 12.8 Å². The first-order chi connectivity index (χ1) is 7.95. The van der Waals surface area contributed by atoms with Crippen LogP contribution in [-0.2, 0) is 9.84 Å². The Bertz CT molecular complexity index is 591. The van der Waals surface area contributed by atoms with Crippen LogP contribution in [0.3, 0.4) is 0 Å². The summed E-state index contributed by atoms with van der Waals surface area (Å²) >= 11 is 0. The summed E-state index contributed by atoms with van der Waals surface area (Å²) in [5.41, 5.74) is 0. The molecule has 2 unspecified atom stereocenters. The fraction of sp³-hybridized carbons (Fsp3) is 0.417. The molecule has 1 aromatic carbocycles. The van der Waals surface area contributed by atoms with Crippen molar-refractivity contribution in [3.05, 3.63) is 30.1 Å². The second-order valence-corrected chi connectivity index (χ2v) is 6.55. The minimum atomic E-state index is -3.93. The molecule has 17 heavy (non-hydrogen) atoms. The monoisotopic (exact) mass is 253 g/mol. The van der Waals surface area contributed by atoms with Crippen LogP contribution < -0.4 is 0 Å². The van der Waals surface area contributed by atoms with E-state index in [0.29, 0.717) is 6.42 Å². The molecule has 0 saturated heterocycles. The van der Waals surface area contributed by atoms with Crippen LogP contribution in [0.25, 0.3) is 0 Å². The van der Waals surface area contributed by atoms with Crippen LogP contribution in [0.15, 0.2) is 29.2 Å². The van der Waals surface area contributed by atoms with Gasteiger partial charge >= 0.3 is 0 Å². The largest absolute Gasteiger partial charge is 0.222 e. The Balaban J connectivity index is 2.60. The number of nitrogens with zero attached hydrogens (tertiary/aromatic N) is 1. The van der Waals surface area contributed by atoms with E-state index in [2.05, 4.69) is 0 Å². The lowest BCUT2D eigenvalue weighted by Gasteiger charge is -2.41.